The number of nitrogens with zero attached hydrogens (tertiary/aromatic N) is 2. The summed E-state index contributed by atoms with van der Waals surface area (Å²) >= 11 is 0. The van der Waals surface area contributed by atoms with Crippen LogP contribution in [-0.4, -0.2) is 36.5 Å². The number of rotatable bonds is 9. The van der Waals surface area contributed by atoms with Crippen molar-refractivity contribution >= 4 is 0 Å². The van der Waals surface area contributed by atoms with E-state index in [-0.39, 0.29) is 6.10 Å². The third-order valence-electron chi connectivity index (χ3n) is 2.23. The minimum absolute atomic E-state index is 0.0811. The van der Waals surface area contributed by atoms with Gasteiger partial charge in [0, 0.05) is 13.2 Å². The van der Waals surface area contributed by atoms with Crippen LogP contribution < -0.4 is 5.73 Å². The molecular weight excluding hydrogens is 222 g/mol. The Hall–Kier alpha value is -0.980. The molecule has 0 fully saturated rings. The van der Waals surface area contributed by atoms with E-state index in [2.05, 4.69) is 10.1 Å². The Balaban J connectivity index is 2.40. The Kier molecular flexibility index (Phi) is 6.76. The van der Waals surface area contributed by atoms with Crippen LogP contribution in [0.25, 0.3) is 0 Å². The molecule has 2 N–H and O–H groups in total. The molecule has 6 heteroatoms. The van der Waals surface area contributed by atoms with Gasteiger partial charge < -0.3 is 19.7 Å². The number of aromatic nitrogens is 2. The smallest absolute Gasteiger partial charge is 0.229 e. The molecule has 1 aromatic rings. The molecule has 0 bridgehead atoms. The molecule has 0 aliphatic carbocycles. The molecule has 0 saturated heterocycles. The second-order valence-corrected chi connectivity index (χ2v) is 3.55. The molecule has 0 saturated carbocycles. The zero-order valence-electron chi connectivity index (χ0n) is 10.5. The van der Waals surface area contributed by atoms with E-state index < -0.39 is 0 Å². The van der Waals surface area contributed by atoms with Gasteiger partial charge in [-0.3, -0.25) is 0 Å². The molecule has 1 unspecified atom stereocenters. The predicted molar refractivity (Wildman–Crippen MR) is 62.5 cm³/mol. The maximum atomic E-state index is 5.50. The molecule has 98 valence electrons. The van der Waals surface area contributed by atoms with Gasteiger partial charge in [0.05, 0.1) is 19.6 Å². The summed E-state index contributed by atoms with van der Waals surface area (Å²) in [5.74, 6) is 1.19. The molecule has 1 heterocycles. The van der Waals surface area contributed by atoms with Crippen LogP contribution >= 0.6 is 0 Å². The second-order valence-electron chi connectivity index (χ2n) is 3.55. The molecular formula is C11H21N3O3. The van der Waals surface area contributed by atoms with Gasteiger partial charge in [-0.05, 0) is 13.3 Å². The molecule has 0 radical (unpaired) electrons. The Morgan fingerprint density at radius 1 is 1.35 bits per heavy atom. The van der Waals surface area contributed by atoms with Gasteiger partial charge in [-0.25, -0.2) is 0 Å². The van der Waals surface area contributed by atoms with Gasteiger partial charge >= 0.3 is 0 Å². The maximum Gasteiger partial charge on any atom is 0.229 e. The number of nitrogens with two attached hydrogens (primary N) is 1. The van der Waals surface area contributed by atoms with Crippen LogP contribution in [0.2, 0.25) is 0 Å². The van der Waals surface area contributed by atoms with E-state index in [9.17, 15) is 0 Å². The summed E-state index contributed by atoms with van der Waals surface area (Å²) < 4.78 is 15.9. The highest BCUT2D eigenvalue weighted by molar-refractivity contribution is 4.91. The van der Waals surface area contributed by atoms with Crippen molar-refractivity contribution in [1.82, 2.24) is 10.1 Å². The Bertz CT molecular complexity index is 304. The van der Waals surface area contributed by atoms with Crippen LogP contribution in [0.1, 0.15) is 38.1 Å². The number of hydrogen-bond donors (Lipinski definition) is 1. The van der Waals surface area contributed by atoms with E-state index in [0.717, 1.165) is 6.42 Å². The lowest BCUT2D eigenvalue weighted by Gasteiger charge is -2.09. The fourth-order valence-corrected chi connectivity index (χ4v) is 1.42. The Morgan fingerprint density at radius 3 is 2.82 bits per heavy atom. The van der Waals surface area contributed by atoms with Crippen LogP contribution in [0, 0.1) is 0 Å². The van der Waals surface area contributed by atoms with Crippen molar-refractivity contribution in [3.8, 4) is 0 Å². The zero-order valence-corrected chi connectivity index (χ0v) is 10.5. The lowest BCUT2D eigenvalue weighted by molar-refractivity contribution is 0.0518. The van der Waals surface area contributed by atoms with E-state index >= 15 is 0 Å². The summed E-state index contributed by atoms with van der Waals surface area (Å²) in [6.07, 6.45) is 1.36. The minimum Gasteiger partial charge on any atom is -0.380 e. The summed E-state index contributed by atoms with van der Waals surface area (Å²) in [5.41, 5.74) is 5.31. The van der Waals surface area contributed by atoms with Gasteiger partial charge in [-0.15, -0.1) is 0 Å². The van der Waals surface area contributed by atoms with Crippen molar-refractivity contribution in [1.29, 1.82) is 0 Å². The van der Waals surface area contributed by atoms with Crippen LogP contribution in [-0.2, 0) is 15.9 Å². The van der Waals surface area contributed by atoms with Crippen LogP contribution in [0.4, 0.5) is 0 Å². The third kappa shape index (κ3) is 4.80. The van der Waals surface area contributed by atoms with Gasteiger partial charge in [0.25, 0.3) is 0 Å². The summed E-state index contributed by atoms with van der Waals surface area (Å²) in [6, 6.07) is 0. The first-order valence-corrected chi connectivity index (χ1v) is 6.03. The van der Waals surface area contributed by atoms with Crippen molar-refractivity contribution in [3.05, 3.63) is 11.7 Å². The SMILES string of the molecule is CCOC(CC)c1noc(CCOCCN)n1. The maximum absolute atomic E-state index is 5.50. The fraction of sp³-hybridized carbons (Fsp3) is 0.818. The van der Waals surface area contributed by atoms with E-state index in [1.54, 1.807) is 0 Å². The van der Waals surface area contributed by atoms with E-state index in [1.807, 2.05) is 13.8 Å². The van der Waals surface area contributed by atoms with E-state index in [1.165, 1.54) is 0 Å². The lowest BCUT2D eigenvalue weighted by atomic mass is 10.2. The molecule has 0 aliphatic rings. The highest BCUT2D eigenvalue weighted by Gasteiger charge is 2.16. The van der Waals surface area contributed by atoms with Crippen molar-refractivity contribution in [2.24, 2.45) is 5.73 Å². The molecule has 1 aromatic heterocycles. The average Bonchev–Trinajstić information content (AvgIpc) is 2.80. The lowest BCUT2D eigenvalue weighted by Crippen LogP contribution is -2.10. The van der Waals surface area contributed by atoms with Gasteiger partial charge in [-0.2, -0.15) is 4.98 Å². The van der Waals surface area contributed by atoms with Crippen LogP contribution in [0.15, 0.2) is 4.52 Å². The molecule has 1 atom stereocenters. The normalized spacial score (nSPS) is 12.9. The van der Waals surface area contributed by atoms with Crippen molar-refractivity contribution in [2.45, 2.75) is 32.8 Å². The molecule has 0 aliphatic heterocycles. The Morgan fingerprint density at radius 2 is 2.18 bits per heavy atom. The monoisotopic (exact) mass is 243 g/mol. The molecule has 0 aromatic carbocycles. The second kappa shape index (κ2) is 8.16. The first kappa shape index (κ1) is 14.1. The standard InChI is InChI=1S/C11H21N3O3/c1-3-9(16-4-2)11-13-10(17-14-11)5-7-15-8-6-12/h9H,3-8,12H2,1-2H3. The van der Waals surface area contributed by atoms with Crippen LogP contribution in [0.5, 0.6) is 0 Å². The van der Waals surface area contributed by atoms with Gasteiger partial charge in [-0.1, -0.05) is 12.1 Å². The first-order chi connectivity index (χ1) is 8.31. The minimum atomic E-state index is -0.0811. The highest BCUT2D eigenvalue weighted by Crippen LogP contribution is 2.17. The van der Waals surface area contributed by atoms with Gasteiger partial charge in [0.15, 0.2) is 0 Å². The molecule has 0 spiro atoms. The molecule has 1 rings (SSSR count). The summed E-state index contributed by atoms with van der Waals surface area (Å²) in [5, 5.41) is 3.91. The summed E-state index contributed by atoms with van der Waals surface area (Å²) in [7, 11) is 0. The molecule has 6 nitrogen and oxygen atoms in total. The highest BCUT2D eigenvalue weighted by atomic mass is 16.5. The van der Waals surface area contributed by atoms with Crippen molar-refractivity contribution in [2.75, 3.05) is 26.4 Å². The topological polar surface area (TPSA) is 83.4 Å². The van der Waals surface area contributed by atoms with Gasteiger partial charge in [0.2, 0.25) is 11.7 Å². The quantitative estimate of drug-likeness (QED) is 0.653. The fourth-order valence-electron chi connectivity index (χ4n) is 1.42. The molecule has 17 heavy (non-hydrogen) atoms. The Labute approximate surface area is 101 Å². The molecule has 0 amide bonds. The summed E-state index contributed by atoms with van der Waals surface area (Å²) in [6.45, 7) is 6.24. The predicted octanol–water partition coefficient (Wildman–Crippen LogP) is 1.07. The number of hydrogen-bond acceptors (Lipinski definition) is 6. The van der Waals surface area contributed by atoms with Crippen molar-refractivity contribution in [3.63, 3.8) is 0 Å². The van der Waals surface area contributed by atoms with E-state index in [0.29, 0.717) is 44.5 Å². The van der Waals surface area contributed by atoms with Crippen LogP contribution in [0.3, 0.4) is 0 Å². The largest absolute Gasteiger partial charge is 0.380 e. The van der Waals surface area contributed by atoms with Gasteiger partial charge in [0.1, 0.15) is 6.10 Å². The third-order valence-corrected chi connectivity index (χ3v) is 2.23. The van der Waals surface area contributed by atoms with E-state index in [4.69, 9.17) is 19.7 Å². The average molecular weight is 243 g/mol. The van der Waals surface area contributed by atoms with Crippen molar-refractivity contribution < 1.29 is 14.0 Å². The summed E-state index contributed by atoms with van der Waals surface area (Å²) in [4.78, 5) is 4.28. The first-order valence-electron chi connectivity index (χ1n) is 6.03. The zero-order chi connectivity index (χ0) is 12.5. The number of ether oxygens (including phenoxy) is 2.